The third-order valence-electron chi connectivity index (χ3n) is 4.61. The Labute approximate surface area is 148 Å². The first-order valence-corrected chi connectivity index (χ1v) is 7.96. The Bertz CT molecular complexity index is 712. The molecular weight excluding hydrogens is 326 g/mol. The van der Waals surface area contributed by atoms with Crippen LogP contribution in [0.1, 0.15) is 36.5 Å². The van der Waals surface area contributed by atoms with Gasteiger partial charge in [-0.3, -0.25) is 4.79 Å². The number of benzene rings is 1. The summed E-state index contributed by atoms with van der Waals surface area (Å²) >= 11 is 0. The molecule has 1 unspecified atom stereocenters. The van der Waals surface area contributed by atoms with Gasteiger partial charge >= 0.3 is 0 Å². The van der Waals surface area contributed by atoms with Gasteiger partial charge in [-0.1, -0.05) is 32.0 Å². The number of aromatic nitrogens is 1. The van der Waals surface area contributed by atoms with Gasteiger partial charge in [-0.05, 0) is 30.9 Å². The summed E-state index contributed by atoms with van der Waals surface area (Å²) < 4.78 is 5.78. The summed E-state index contributed by atoms with van der Waals surface area (Å²) in [6.45, 7) is 7.29. The van der Waals surface area contributed by atoms with Crippen molar-refractivity contribution in [3.8, 4) is 11.5 Å². The first-order valence-electron chi connectivity index (χ1n) is 7.96. The lowest BCUT2D eigenvalue weighted by Crippen LogP contribution is -2.54. The van der Waals surface area contributed by atoms with Gasteiger partial charge in [0.15, 0.2) is 0 Å². The summed E-state index contributed by atoms with van der Waals surface area (Å²) in [7, 11) is 0. The van der Waals surface area contributed by atoms with Crippen LogP contribution in [0.4, 0.5) is 0 Å². The van der Waals surface area contributed by atoms with E-state index in [2.05, 4.69) is 18.8 Å². The Balaban J connectivity index is 0.00000208. The van der Waals surface area contributed by atoms with E-state index in [9.17, 15) is 4.79 Å². The van der Waals surface area contributed by atoms with Gasteiger partial charge in [0.1, 0.15) is 0 Å². The SMILES string of the molecule is Cc1nc(-c2ccccc2)oc1C(=O)N1CCC(N)C(C)(C)C1.Cl. The number of hydrogen-bond acceptors (Lipinski definition) is 4. The first-order chi connectivity index (χ1) is 10.9. The minimum Gasteiger partial charge on any atom is -0.431 e. The minimum absolute atomic E-state index is 0. The van der Waals surface area contributed by atoms with Gasteiger partial charge in [0, 0.05) is 24.7 Å². The number of piperidine rings is 1. The fourth-order valence-electron chi connectivity index (χ4n) is 2.99. The minimum atomic E-state index is -0.0999. The highest BCUT2D eigenvalue weighted by Gasteiger charge is 2.37. The fraction of sp³-hybridized carbons (Fsp3) is 0.444. The molecule has 2 N–H and O–H groups in total. The maximum Gasteiger partial charge on any atom is 0.291 e. The number of nitrogens with zero attached hydrogens (tertiary/aromatic N) is 2. The summed E-state index contributed by atoms with van der Waals surface area (Å²) in [5.41, 5.74) is 7.55. The van der Waals surface area contributed by atoms with E-state index in [1.54, 1.807) is 0 Å². The molecule has 1 atom stereocenters. The molecule has 0 bridgehead atoms. The fourth-order valence-corrected chi connectivity index (χ4v) is 2.99. The van der Waals surface area contributed by atoms with Crippen LogP contribution in [0.5, 0.6) is 0 Å². The number of likely N-dealkylation sites (tertiary alicyclic amines) is 1. The van der Waals surface area contributed by atoms with E-state index in [4.69, 9.17) is 10.2 Å². The van der Waals surface area contributed by atoms with Crippen molar-refractivity contribution in [1.82, 2.24) is 9.88 Å². The second kappa shape index (κ2) is 6.95. The van der Waals surface area contributed by atoms with E-state index in [1.807, 2.05) is 42.2 Å². The van der Waals surface area contributed by atoms with Crippen molar-refractivity contribution in [3.63, 3.8) is 0 Å². The number of halogens is 1. The number of carbonyl (C=O) groups is 1. The molecule has 1 amide bonds. The smallest absolute Gasteiger partial charge is 0.291 e. The zero-order valence-corrected chi connectivity index (χ0v) is 15.1. The van der Waals surface area contributed by atoms with Crippen molar-refractivity contribution < 1.29 is 9.21 Å². The standard InChI is InChI=1S/C18H23N3O2.ClH/c1-12-15(23-16(20-12)13-7-5-4-6-8-13)17(22)21-10-9-14(19)18(2,3)11-21;/h4-8,14H,9-11,19H2,1-3H3;1H. The number of nitrogens with two attached hydrogens (primary N) is 1. The average molecular weight is 350 g/mol. The van der Waals surface area contributed by atoms with Gasteiger partial charge in [0.05, 0.1) is 5.69 Å². The van der Waals surface area contributed by atoms with Crippen molar-refractivity contribution in [2.75, 3.05) is 13.1 Å². The van der Waals surface area contributed by atoms with Crippen LogP contribution in [0.25, 0.3) is 11.5 Å². The topological polar surface area (TPSA) is 72.4 Å². The van der Waals surface area contributed by atoms with Crippen molar-refractivity contribution >= 4 is 18.3 Å². The number of carbonyl (C=O) groups excluding carboxylic acids is 1. The molecule has 1 aliphatic heterocycles. The summed E-state index contributed by atoms with van der Waals surface area (Å²) in [6, 6.07) is 9.73. The molecule has 1 aromatic carbocycles. The third-order valence-corrected chi connectivity index (χ3v) is 4.61. The van der Waals surface area contributed by atoms with E-state index < -0.39 is 0 Å². The van der Waals surface area contributed by atoms with Crippen LogP contribution in [0, 0.1) is 12.3 Å². The van der Waals surface area contributed by atoms with E-state index in [-0.39, 0.29) is 29.8 Å². The predicted molar refractivity (Wildman–Crippen MR) is 96.2 cm³/mol. The van der Waals surface area contributed by atoms with Crippen molar-refractivity contribution in [1.29, 1.82) is 0 Å². The van der Waals surface area contributed by atoms with Crippen LogP contribution in [0.2, 0.25) is 0 Å². The first kappa shape index (κ1) is 18.5. The summed E-state index contributed by atoms with van der Waals surface area (Å²) in [4.78, 5) is 19.0. The van der Waals surface area contributed by atoms with Gasteiger partial charge in [-0.15, -0.1) is 12.4 Å². The molecule has 0 radical (unpaired) electrons. The maximum atomic E-state index is 12.8. The summed E-state index contributed by atoms with van der Waals surface area (Å²) in [5, 5.41) is 0. The number of amides is 1. The summed E-state index contributed by atoms with van der Waals surface area (Å²) in [5.74, 6) is 0.715. The van der Waals surface area contributed by atoms with Crippen molar-refractivity contribution in [2.24, 2.45) is 11.1 Å². The highest BCUT2D eigenvalue weighted by atomic mass is 35.5. The van der Waals surface area contributed by atoms with E-state index in [0.717, 1.165) is 12.0 Å². The normalized spacial score (nSPS) is 19.7. The third kappa shape index (κ3) is 3.47. The number of rotatable bonds is 2. The van der Waals surface area contributed by atoms with Crippen molar-refractivity contribution in [3.05, 3.63) is 41.8 Å². The highest BCUT2D eigenvalue weighted by Crippen LogP contribution is 2.30. The van der Waals surface area contributed by atoms with Gasteiger partial charge in [0.25, 0.3) is 5.91 Å². The number of hydrogen-bond donors (Lipinski definition) is 1. The maximum absolute atomic E-state index is 12.8. The zero-order chi connectivity index (χ0) is 16.6. The van der Waals surface area contributed by atoms with E-state index in [0.29, 0.717) is 30.4 Å². The van der Waals surface area contributed by atoms with Gasteiger partial charge in [-0.2, -0.15) is 0 Å². The zero-order valence-electron chi connectivity index (χ0n) is 14.3. The molecule has 1 fully saturated rings. The molecule has 1 aliphatic rings. The van der Waals surface area contributed by atoms with Crippen LogP contribution < -0.4 is 5.73 Å². The number of oxazole rings is 1. The molecule has 5 nitrogen and oxygen atoms in total. The molecule has 0 spiro atoms. The molecule has 3 rings (SSSR count). The lowest BCUT2D eigenvalue weighted by molar-refractivity contribution is 0.0503. The van der Waals surface area contributed by atoms with E-state index in [1.165, 1.54) is 0 Å². The second-order valence-corrected chi connectivity index (χ2v) is 6.91. The Morgan fingerprint density at radius 3 is 2.62 bits per heavy atom. The molecule has 1 saturated heterocycles. The van der Waals surface area contributed by atoms with Crippen LogP contribution >= 0.6 is 12.4 Å². The van der Waals surface area contributed by atoms with Crippen LogP contribution in [0.15, 0.2) is 34.7 Å². The number of aryl methyl sites for hydroxylation is 1. The van der Waals surface area contributed by atoms with Crippen molar-refractivity contribution in [2.45, 2.75) is 33.2 Å². The molecule has 1 aromatic heterocycles. The average Bonchev–Trinajstić information content (AvgIpc) is 2.92. The van der Waals surface area contributed by atoms with Gasteiger partial charge < -0.3 is 15.1 Å². The van der Waals surface area contributed by atoms with Crippen LogP contribution in [-0.4, -0.2) is 34.9 Å². The molecule has 130 valence electrons. The molecule has 0 saturated carbocycles. The lowest BCUT2D eigenvalue weighted by Gasteiger charge is -2.42. The molecule has 2 aromatic rings. The second-order valence-electron chi connectivity index (χ2n) is 6.91. The Morgan fingerprint density at radius 1 is 1.33 bits per heavy atom. The van der Waals surface area contributed by atoms with E-state index >= 15 is 0 Å². The largest absolute Gasteiger partial charge is 0.431 e. The highest BCUT2D eigenvalue weighted by molar-refractivity contribution is 5.93. The summed E-state index contributed by atoms with van der Waals surface area (Å²) in [6.07, 6.45) is 0.803. The molecule has 6 heteroatoms. The monoisotopic (exact) mass is 349 g/mol. The van der Waals surface area contributed by atoms with Crippen LogP contribution in [0.3, 0.4) is 0 Å². The Morgan fingerprint density at radius 2 is 2.00 bits per heavy atom. The van der Waals surface area contributed by atoms with Crippen LogP contribution in [-0.2, 0) is 0 Å². The molecule has 2 heterocycles. The molecule has 0 aliphatic carbocycles. The van der Waals surface area contributed by atoms with Gasteiger partial charge in [0.2, 0.25) is 11.7 Å². The lowest BCUT2D eigenvalue weighted by atomic mass is 9.79. The Hall–Kier alpha value is -1.85. The molecule has 24 heavy (non-hydrogen) atoms. The van der Waals surface area contributed by atoms with Gasteiger partial charge in [-0.25, -0.2) is 4.98 Å². The predicted octanol–water partition coefficient (Wildman–Crippen LogP) is 3.27. The molecular formula is C18H24ClN3O2. The Kier molecular flexibility index (Phi) is 5.35. The quantitative estimate of drug-likeness (QED) is 0.903.